The van der Waals surface area contributed by atoms with Crippen LogP contribution in [0.4, 0.5) is 5.95 Å². The van der Waals surface area contributed by atoms with Crippen LogP contribution in [0.5, 0.6) is 0 Å². The minimum absolute atomic E-state index is 0.0989. The van der Waals surface area contributed by atoms with E-state index in [9.17, 15) is 19.2 Å². The molecule has 0 saturated carbocycles. The third kappa shape index (κ3) is 3.47. The van der Waals surface area contributed by atoms with E-state index in [4.69, 9.17) is 4.42 Å². The molecule has 128 valence electrons. The van der Waals surface area contributed by atoms with Gasteiger partial charge < -0.3 is 9.40 Å². The Kier molecular flexibility index (Phi) is 4.16. The van der Waals surface area contributed by atoms with Gasteiger partial charge in [-0.3, -0.25) is 29.3 Å². The molecule has 25 heavy (non-hydrogen) atoms. The van der Waals surface area contributed by atoms with Crippen LogP contribution < -0.4 is 22.1 Å². The van der Waals surface area contributed by atoms with Gasteiger partial charge in [-0.15, -0.1) is 0 Å². The average molecular weight is 343 g/mol. The summed E-state index contributed by atoms with van der Waals surface area (Å²) in [4.78, 5) is 56.6. The van der Waals surface area contributed by atoms with E-state index < -0.39 is 22.7 Å². The molecule has 0 saturated heterocycles. The molecule has 3 rings (SSSR count). The lowest BCUT2D eigenvalue weighted by molar-refractivity contribution is 0.102. The lowest BCUT2D eigenvalue weighted by Gasteiger charge is -2.07. The van der Waals surface area contributed by atoms with Crippen molar-refractivity contribution in [2.45, 2.75) is 13.5 Å². The van der Waals surface area contributed by atoms with Gasteiger partial charge in [-0.1, -0.05) is 0 Å². The molecular weight excluding hydrogens is 330 g/mol. The van der Waals surface area contributed by atoms with Crippen LogP contribution in [0.1, 0.15) is 21.8 Å². The van der Waals surface area contributed by atoms with Gasteiger partial charge >= 0.3 is 5.69 Å². The molecule has 0 aliphatic rings. The van der Waals surface area contributed by atoms with Crippen LogP contribution in [-0.2, 0) is 6.54 Å². The summed E-state index contributed by atoms with van der Waals surface area (Å²) in [6.45, 7) is 1.46. The maximum Gasteiger partial charge on any atom is 0.328 e. The van der Waals surface area contributed by atoms with Gasteiger partial charge in [-0.25, -0.2) is 9.78 Å². The smallest absolute Gasteiger partial charge is 0.328 e. The van der Waals surface area contributed by atoms with Crippen molar-refractivity contribution < 1.29 is 9.21 Å². The number of aromatic nitrogens is 4. The monoisotopic (exact) mass is 343 g/mol. The molecule has 3 aromatic rings. The minimum atomic E-state index is -0.816. The molecule has 3 aromatic heterocycles. The topological polar surface area (TPSA) is 143 Å². The normalized spacial score (nSPS) is 10.6. The van der Waals surface area contributed by atoms with Crippen molar-refractivity contribution in [1.82, 2.24) is 19.5 Å². The van der Waals surface area contributed by atoms with Gasteiger partial charge in [0.15, 0.2) is 0 Å². The highest BCUT2D eigenvalue weighted by atomic mass is 16.3. The van der Waals surface area contributed by atoms with Gasteiger partial charge in [0.1, 0.15) is 11.3 Å². The summed E-state index contributed by atoms with van der Waals surface area (Å²) in [6.07, 6.45) is 2.41. The summed E-state index contributed by atoms with van der Waals surface area (Å²) >= 11 is 0. The first-order chi connectivity index (χ1) is 11.9. The first kappa shape index (κ1) is 16.2. The molecule has 1 amide bonds. The molecule has 10 heteroatoms. The second kappa shape index (κ2) is 6.43. The van der Waals surface area contributed by atoms with E-state index in [2.05, 4.69) is 20.3 Å². The lowest BCUT2D eigenvalue weighted by atomic mass is 10.3. The van der Waals surface area contributed by atoms with Crippen LogP contribution in [-0.4, -0.2) is 25.4 Å². The summed E-state index contributed by atoms with van der Waals surface area (Å²) in [6, 6.07) is 4.47. The summed E-state index contributed by atoms with van der Waals surface area (Å²) in [5, 5.41) is 2.32. The number of aryl methyl sites for hydroxylation is 1. The van der Waals surface area contributed by atoms with E-state index in [1.165, 1.54) is 12.3 Å². The van der Waals surface area contributed by atoms with Crippen LogP contribution in [0.2, 0.25) is 0 Å². The highest BCUT2D eigenvalue weighted by Gasteiger charge is 2.16. The number of anilines is 1. The number of hydrogen-bond donors (Lipinski definition) is 3. The molecule has 0 aliphatic heterocycles. The number of rotatable bonds is 4. The summed E-state index contributed by atoms with van der Waals surface area (Å²) < 4.78 is 5.94. The SMILES string of the molecule is Cc1cc(=O)[nH]c(NC(=O)c2c[nH]c(=O)n(Cc3ccco3)c2=O)n1. The van der Waals surface area contributed by atoms with Gasteiger partial charge in [0.25, 0.3) is 17.0 Å². The van der Waals surface area contributed by atoms with Gasteiger partial charge in [0, 0.05) is 18.0 Å². The Morgan fingerprint density at radius 1 is 1.36 bits per heavy atom. The van der Waals surface area contributed by atoms with E-state index in [0.29, 0.717) is 11.5 Å². The standard InChI is InChI=1S/C15H13N5O5/c1-8-5-11(21)18-14(17-8)19-12(22)10-6-16-15(24)20(13(10)23)7-9-3-2-4-25-9/h2-6H,7H2,1H3,(H,16,24)(H2,17,18,19,21,22). The number of hydrogen-bond acceptors (Lipinski definition) is 6. The van der Waals surface area contributed by atoms with Gasteiger partial charge in [0.05, 0.1) is 12.8 Å². The van der Waals surface area contributed by atoms with E-state index in [1.54, 1.807) is 19.1 Å². The van der Waals surface area contributed by atoms with Crippen molar-refractivity contribution in [1.29, 1.82) is 0 Å². The Labute approximate surface area is 139 Å². The highest BCUT2D eigenvalue weighted by molar-refractivity contribution is 6.02. The Morgan fingerprint density at radius 2 is 2.16 bits per heavy atom. The van der Waals surface area contributed by atoms with Gasteiger partial charge in [0.2, 0.25) is 5.95 Å². The maximum absolute atomic E-state index is 12.4. The number of furan rings is 1. The summed E-state index contributed by atoms with van der Waals surface area (Å²) in [7, 11) is 0. The summed E-state index contributed by atoms with van der Waals surface area (Å²) in [5.41, 5.74) is -1.83. The zero-order chi connectivity index (χ0) is 18.0. The van der Waals surface area contributed by atoms with Crippen molar-refractivity contribution in [3.63, 3.8) is 0 Å². The molecule has 0 aliphatic carbocycles. The number of amides is 1. The highest BCUT2D eigenvalue weighted by Crippen LogP contribution is 2.02. The molecule has 0 aromatic carbocycles. The molecule has 0 fully saturated rings. The predicted molar refractivity (Wildman–Crippen MR) is 86.7 cm³/mol. The first-order valence-electron chi connectivity index (χ1n) is 7.18. The Morgan fingerprint density at radius 3 is 2.84 bits per heavy atom. The zero-order valence-electron chi connectivity index (χ0n) is 13.0. The van der Waals surface area contributed by atoms with Crippen LogP contribution in [0.3, 0.4) is 0 Å². The molecule has 0 bridgehead atoms. The van der Waals surface area contributed by atoms with E-state index >= 15 is 0 Å². The molecule has 0 radical (unpaired) electrons. The van der Waals surface area contributed by atoms with E-state index in [0.717, 1.165) is 10.8 Å². The quantitative estimate of drug-likeness (QED) is 0.600. The maximum atomic E-state index is 12.4. The number of carbonyl (C=O) groups excluding carboxylic acids is 1. The Balaban J connectivity index is 1.94. The van der Waals surface area contributed by atoms with Crippen molar-refractivity contribution in [2.75, 3.05) is 5.32 Å². The lowest BCUT2D eigenvalue weighted by Crippen LogP contribution is -2.39. The largest absolute Gasteiger partial charge is 0.467 e. The zero-order valence-corrected chi connectivity index (χ0v) is 13.0. The minimum Gasteiger partial charge on any atom is -0.467 e. The van der Waals surface area contributed by atoms with Gasteiger partial charge in [-0.2, -0.15) is 0 Å². The van der Waals surface area contributed by atoms with Crippen molar-refractivity contribution in [3.8, 4) is 0 Å². The number of carbonyl (C=O) groups is 1. The molecule has 0 spiro atoms. The number of nitrogens with one attached hydrogen (secondary N) is 3. The molecule has 3 heterocycles. The average Bonchev–Trinajstić information content (AvgIpc) is 3.03. The second-order valence-corrected chi connectivity index (χ2v) is 5.17. The van der Waals surface area contributed by atoms with Crippen molar-refractivity contribution in [3.05, 3.63) is 78.9 Å². The van der Waals surface area contributed by atoms with Crippen LogP contribution in [0.15, 0.2) is 49.5 Å². The fourth-order valence-corrected chi connectivity index (χ4v) is 2.19. The fraction of sp³-hybridized carbons (Fsp3) is 0.133. The molecule has 0 unspecified atom stereocenters. The molecule has 10 nitrogen and oxygen atoms in total. The van der Waals surface area contributed by atoms with Gasteiger partial charge in [-0.05, 0) is 19.1 Å². The van der Waals surface area contributed by atoms with Crippen LogP contribution >= 0.6 is 0 Å². The van der Waals surface area contributed by atoms with Crippen molar-refractivity contribution in [2.24, 2.45) is 0 Å². The molecular formula is C15H13N5O5. The van der Waals surface area contributed by atoms with E-state index in [1.807, 2.05) is 0 Å². The Bertz CT molecular complexity index is 1090. The molecule has 0 atom stereocenters. The fourth-order valence-electron chi connectivity index (χ4n) is 2.19. The second-order valence-electron chi connectivity index (χ2n) is 5.17. The van der Waals surface area contributed by atoms with E-state index in [-0.39, 0.29) is 18.1 Å². The third-order valence-corrected chi connectivity index (χ3v) is 3.30. The number of H-pyrrole nitrogens is 2. The summed E-state index contributed by atoms with van der Waals surface area (Å²) in [5.74, 6) is -0.531. The van der Waals surface area contributed by atoms with Crippen LogP contribution in [0.25, 0.3) is 0 Å². The van der Waals surface area contributed by atoms with Crippen LogP contribution in [0, 0.1) is 6.92 Å². The third-order valence-electron chi connectivity index (χ3n) is 3.30. The first-order valence-corrected chi connectivity index (χ1v) is 7.18. The molecule has 3 N–H and O–H groups in total. The Hall–Kier alpha value is -3.69. The number of aromatic amines is 2. The predicted octanol–water partition coefficient (Wildman–Crippen LogP) is -0.178. The van der Waals surface area contributed by atoms with Crippen molar-refractivity contribution >= 4 is 11.9 Å². The number of nitrogens with zero attached hydrogens (tertiary/aromatic N) is 2.